The lowest BCUT2D eigenvalue weighted by Crippen LogP contribution is -2.46. The van der Waals surface area contributed by atoms with Crippen LogP contribution < -0.4 is 22.0 Å². The molecule has 6 nitrogen and oxygen atoms in total. The van der Waals surface area contributed by atoms with Crippen LogP contribution in [0.25, 0.3) is 0 Å². The molecule has 0 aromatic carbocycles. The van der Waals surface area contributed by atoms with Crippen LogP contribution in [0, 0.1) is 12.3 Å². The van der Waals surface area contributed by atoms with Gasteiger partial charge in [-0.2, -0.15) is 4.68 Å². The molecule has 2 N–H and O–H groups in total. The fourth-order valence-electron chi connectivity index (χ4n) is 1.22. The molecule has 0 amide bonds. The average Bonchev–Trinajstić information content (AvgIpc) is 2.11. The molecule has 0 fully saturated rings. The van der Waals surface area contributed by atoms with Crippen LogP contribution in [0.15, 0.2) is 15.7 Å². The Bertz CT molecular complexity index is 518. The van der Waals surface area contributed by atoms with Crippen LogP contribution in [-0.4, -0.2) is 23.3 Å². The second-order valence-corrected chi connectivity index (χ2v) is 3.14. The predicted molar refractivity (Wildman–Crippen MR) is 58.3 cm³/mol. The molecule has 0 unspecified atom stereocenters. The summed E-state index contributed by atoms with van der Waals surface area (Å²) in [5.41, 5.74) is 4.51. The van der Waals surface area contributed by atoms with Gasteiger partial charge in [0.15, 0.2) is 0 Å². The molecule has 15 heavy (non-hydrogen) atoms. The van der Waals surface area contributed by atoms with Gasteiger partial charge in [-0.1, -0.05) is 5.92 Å². The van der Waals surface area contributed by atoms with Gasteiger partial charge in [-0.15, -0.1) is 6.42 Å². The first-order valence-corrected chi connectivity index (χ1v) is 4.22. The van der Waals surface area contributed by atoms with Crippen LogP contribution in [0.1, 0.15) is 0 Å². The van der Waals surface area contributed by atoms with Crippen molar-refractivity contribution in [2.45, 2.75) is 6.54 Å². The first kappa shape index (κ1) is 10.9. The molecule has 1 heterocycles. The maximum Gasteiger partial charge on any atom is 0.352 e. The molecule has 1 rings (SSSR count). The number of hydrogen-bond donors (Lipinski definition) is 1. The van der Waals surface area contributed by atoms with Gasteiger partial charge in [-0.3, -0.25) is 4.79 Å². The largest absolute Gasteiger partial charge is 0.383 e. The van der Waals surface area contributed by atoms with Crippen molar-refractivity contribution in [2.24, 2.45) is 0 Å². The molecule has 0 radical (unpaired) electrons. The van der Waals surface area contributed by atoms with E-state index in [0.29, 0.717) is 0 Å². The van der Waals surface area contributed by atoms with Gasteiger partial charge in [0.05, 0.1) is 6.54 Å². The Morgan fingerprint density at radius 3 is 2.60 bits per heavy atom. The van der Waals surface area contributed by atoms with E-state index in [1.807, 2.05) is 0 Å². The van der Waals surface area contributed by atoms with Gasteiger partial charge in [0, 0.05) is 20.2 Å². The van der Waals surface area contributed by atoms with Crippen molar-refractivity contribution in [3.05, 3.63) is 26.9 Å². The van der Waals surface area contributed by atoms with Crippen LogP contribution in [0.2, 0.25) is 0 Å². The van der Waals surface area contributed by atoms with E-state index in [2.05, 4.69) is 5.92 Å². The Morgan fingerprint density at radius 2 is 2.13 bits per heavy atom. The number of aromatic nitrogens is 2. The highest BCUT2D eigenvalue weighted by Gasteiger charge is 2.09. The zero-order chi connectivity index (χ0) is 11.6. The van der Waals surface area contributed by atoms with E-state index in [4.69, 9.17) is 12.2 Å². The molecule has 0 spiro atoms. The minimum Gasteiger partial charge on any atom is -0.383 e. The third-order valence-corrected chi connectivity index (χ3v) is 1.84. The number of terminal acetylenes is 1. The summed E-state index contributed by atoms with van der Waals surface area (Å²) in [6.07, 6.45) is 5.06. The summed E-state index contributed by atoms with van der Waals surface area (Å²) in [6.45, 7) is -0.0637. The third-order valence-electron chi connectivity index (χ3n) is 1.84. The maximum atomic E-state index is 11.8. The number of nitrogens with zero attached hydrogens (tertiary/aromatic N) is 3. The summed E-state index contributed by atoms with van der Waals surface area (Å²) >= 11 is 0. The van der Waals surface area contributed by atoms with Gasteiger partial charge in [-0.05, 0) is 0 Å². The van der Waals surface area contributed by atoms with E-state index >= 15 is 0 Å². The van der Waals surface area contributed by atoms with Crippen LogP contribution in [0.3, 0.4) is 0 Å². The van der Waals surface area contributed by atoms with Crippen molar-refractivity contribution in [1.29, 1.82) is 0 Å². The lowest BCUT2D eigenvalue weighted by Gasteiger charge is -2.18. The molecule has 0 saturated carbocycles. The zero-order valence-corrected chi connectivity index (χ0v) is 8.60. The van der Waals surface area contributed by atoms with Crippen molar-refractivity contribution in [3.8, 4) is 12.3 Å². The molecule has 0 bridgehead atoms. The average molecular weight is 208 g/mol. The molecule has 0 aliphatic heterocycles. The van der Waals surface area contributed by atoms with Crippen molar-refractivity contribution in [3.63, 3.8) is 0 Å². The van der Waals surface area contributed by atoms with Gasteiger partial charge in [0.2, 0.25) is 0 Å². The number of hydrogen-bond acceptors (Lipinski definition) is 4. The fraction of sp³-hybridized carbons (Fsp3) is 0.333. The van der Waals surface area contributed by atoms with Crippen LogP contribution >= 0.6 is 0 Å². The fourth-order valence-corrected chi connectivity index (χ4v) is 1.22. The van der Waals surface area contributed by atoms with Crippen molar-refractivity contribution in [1.82, 2.24) is 9.24 Å². The highest BCUT2D eigenvalue weighted by atomic mass is 16.2. The SMILES string of the molecule is C#CCn1c(=O)cc(N)n(N(C)C)c1=O. The topological polar surface area (TPSA) is 73.3 Å². The first-order chi connectivity index (χ1) is 6.99. The lowest BCUT2D eigenvalue weighted by molar-refractivity contribution is 0.608. The minimum absolute atomic E-state index is 0.0637. The first-order valence-electron chi connectivity index (χ1n) is 4.22. The van der Waals surface area contributed by atoms with Crippen molar-refractivity contribution >= 4 is 5.82 Å². The summed E-state index contributed by atoms with van der Waals surface area (Å²) in [7, 11) is 3.28. The molecule has 0 saturated heterocycles. The van der Waals surface area contributed by atoms with E-state index < -0.39 is 11.2 Å². The zero-order valence-electron chi connectivity index (χ0n) is 8.60. The van der Waals surface area contributed by atoms with Gasteiger partial charge in [0.1, 0.15) is 5.82 Å². The summed E-state index contributed by atoms with van der Waals surface area (Å²) in [6, 6.07) is 1.17. The molecule has 0 atom stereocenters. The van der Waals surface area contributed by atoms with E-state index in [9.17, 15) is 9.59 Å². The molecule has 0 aliphatic rings. The van der Waals surface area contributed by atoms with E-state index in [0.717, 1.165) is 4.57 Å². The molecular formula is C9H12N4O2. The highest BCUT2D eigenvalue weighted by molar-refractivity contribution is 5.28. The van der Waals surface area contributed by atoms with Crippen molar-refractivity contribution < 1.29 is 0 Å². The summed E-state index contributed by atoms with van der Waals surface area (Å²) < 4.78 is 2.11. The van der Waals surface area contributed by atoms with E-state index in [1.54, 1.807) is 14.1 Å². The van der Waals surface area contributed by atoms with Gasteiger partial charge in [-0.25, -0.2) is 9.36 Å². The summed E-state index contributed by atoms with van der Waals surface area (Å²) in [4.78, 5) is 23.1. The van der Waals surface area contributed by atoms with E-state index in [1.165, 1.54) is 15.8 Å². The molecular weight excluding hydrogens is 196 g/mol. The van der Waals surface area contributed by atoms with Crippen LogP contribution in [0.4, 0.5) is 5.82 Å². The third kappa shape index (κ3) is 1.86. The highest BCUT2D eigenvalue weighted by Crippen LogP contribution is 1.92. The van der Waals surface area contributed by atoms with Gasteiger partial charge < -0.3 is 10.7 Å². The van der Waals surface area contributed by atoms with Gasteiger partial charge >= 0.3 is 5.69 Å². The minimum atomic E-state index is -0.539. The second-order valence-electron chi connectivity index (χ2n) is 3.14. The van der Waals surface area contributed by atoms with Crippen LogP contribution in [-0.2, 0) is 6.54 Å². The molecule has 80 valence electrons. The summed E-state index contributed by atoms with van der Waals surface area (Å²) in [5.74, 6) is 2.33. The molecule has 1 aromatic rings. The normalized spacial score (nSPS) is 9.67. The smallest absolute Gasteiger partial charge is 0.352 e. The Hall–Kier alpha value is -2.16. The van der Waals surface area contributed by atoms with Crippen LogP contribution in [0.5, 0.6) is 0 Å². The van der Waals surface area contributed by atoms with Crippen molar-refractivity contribution in [2.75, 3.05) is 24.8 Å². The number of nitrogen functional groups attached to an aromatic ring is 1. The Kier molecular flexibility index (Phi) is 2.85. The second kappa shape index (κ2) is 3.92. The van der Waals surface area contributed by atoms with E-state index in [-0.39, 0.29) is 12.4 Å². The maximum absolute atomic E-state index is 11.8. The number of anilines is 1. The molecule has 0 aliphatic carbocycles. The predicted octanol–water partition coefficient (Wildman–Crippen LogP) is -1.58. The number of rotatable bonds is 2. The molecule has 6 heteroatoms. The Balaban J connectivity index is 3.59. The number of nitrogens with two attached hydrogens (primary N) is 1. The Morgan fingerprint density at radius 1 is 1.53 bits per heavy atom. The quantitative estimate of drug-likeness (QED) is 0.595. The molecule has 1 aromatic heterocycles. The monoisotopic (exact) mass is 208 g/mol. The summed E-state index contributed by atoms with van der Waals surface area (Å²) in [5, 5.41) is 1.48. The lowest BCUT2D eigenvalue weighted by atomic mass is 10.5. The standard InChI is InChI=1S/C9H12N4O2/c1-4-5-12-8(14)6-7(10)13(9(12)15)11(2)3/h1,6H,5,10H2,2-3H3. The Labute approximate surface area is 86.5 Å². The van der Waals surface area contributed by atoms with Gasteiger partial charge in [0.25, 0.3) is 5.56 Å².